The van der Waals surface area contributed by atoms with Gasteiger partial charge in [-0.1, -0.05) is 12.1 Å². The van der Waals surface area contributed by atoms with Crippen LogP contribution in [0, 0.1) is 0 Å². The first kappa shape index (κ1) is 8.42. The molecule has 0 aromatic heterocycles. The van der Waals surface area contributed by atoms with Crippen LogP contribution in [0.4, 0.5) is 4.39 Å². The summed E-state index contributed by atoms with van der Waals surface area (Å²) in [7, 11) is 0. The fraction of sp³-hybridized carbons (Fsp3) is 0.364. The first-order valence-electron chi connectivity index (χ1n) is 4.46. The van der Waals surface area contributed by atoms with E-state index in [1.165, 1.54) is 6.92 Å². The lowest BCUT2D eigenvalue weighted by Gasteiger charge is -2.03. The molecule has 0 fully saturated rings. The monoisotopic (exact) mass is 178 g/mol. The molecule has 1 nitrogen and oxygen atoms in total. The second kappa shape index (κ2) is 2.95. The van der Waals surface area contributed by atoms with Crippen molar-refractivity contribution in [3.63, 3.8) is 0 Å². The van der Waals surface area contributed by atoms with Gasteiger partial charge in [0, 0.05) is 5.56 Å². The summed E-state index contributed by atoms with van der Waals surface area (Å²) in [6.45, 7) is 1.50. The number of rotatable bonds is 1. The average molecular weight is 178 g/mol. The summed E-state index contributed by atoms with van der Waals surface area (Å²) in [6.07, 6.45) is 0.500. The molecule has 1 aliphatic carbocycles. The molecule has 1 aromatic carbocycles. The quantitative estimate of drug-likeness (QED) is 0.604. The Kier molecular flexibility index (Phi) is 1.91. The number of carbonyl (C=O) groups is 1. The zero-order valence-corrected chi connectivity index (χ0v) is 7.51. The molecule has 0 amide bonds. The van der Waals surface area contributed by atoms with Gasteiger partial charge in [-0.05, 0) is 37.0 Å². The number of fused-ring (bicyclic) bond motifs is 1. The molecule has 0 aliphatic heterocycles. The second-order valence-corrected chi connectivity index (χ2v) is 3.48. The third-order valence-corrected chi connectivity index (χ3v) is 2.56. The van der Waals surface area contributed by atoms with E-state index in [1.807, 2.05) is 6.07 Å². The minimum Gasteiger partial charge on any atom is -0.295 e. The molecule has 1 unspecified atom stereocenters. The van der Waals surface area contributed by atoms with Crippen LogP contribution in [0.3, 0.4) is 0 Å². The molecular formula is C11H11FO. The van der Waals surface area contributed by atoms with E-state index in [0.29, 0.717) is 17.5 Å². The van der Waals surface area contributed by atoms with E-state index in [0.717, 1.165) is 12.0 Å². The van der Waals surface area contributed by atoms with Crippen molar-refractivity contribution in [1.29, 1.82) is 0 Å². The lowest BCUT2D eigenvalue weighted by molar-refractivity contribution is 0.101. The summed E-state index contributed by atoms with van der Waals surface area (Å²) in [5.41, 5.74) is 2.38. The molecule has 0 spiro atoms. The van der Waals surface area contributed by atoms with E-state index in [1.54, 1.807) is 12.1 Å². The Morgan fingerprint density at radius 3 is 3.00 bits per heavy atom. The van der Waals surface area contributed by atoms with Gasteiger partial charge in [-0.25, -0.2) is 4.39 Å². The maximum atomic E-state index is 13.2. The molecular weight excluding hydrogens is 167 g/mol. The third-order valence-electron chi connectivity index (χ3n) is 2.56. The minimum atomic E-state index is -0.866. The van der Waals surface area contributed by atoms with Gasteiger partial charge in [-0.3, -0.25) is 4.79 Å². The van der Waals surface area contributed by atoms with E-state index in [4.69, 9.17) is 0 Å². The molecule has 1 aliphatic rings. The Balaban J connectivity index is 2.47. The number of benzene rings is 1. The number of aryl methyl sites for hydroxylation is 1. The van der Waals surface area contributed by atoms with Crippen LogP contribution in [0.15, 0.2) is 18.2 Å². The van der Waals surface area contributed by atoms with Crippen LogP contribution < -0.4 is 0 Å². The third kappa shape index (κ3) is 1.37. The fourth-order valence-electron chi connectivity index (χ4n) is 1.77. The normalized spacial score (nSPS) is 20.0. The van der Waals surface area contributed by atoms with Crippen LogP contribution in [0.25, 0.3) is 0 Å². The molecule has 0 N–H and O–H groups in total. The number of Topliss-reactive ketones (excluding diaryl/α,β-unsaturated/α-hetero) is 1. The van der Waals surface area contributed by atoms with Gasteiger partial charge in [0.05, 0.1) is 0 Å². The van der Waals surface area contributed by atoms with Gasteiger partial charge in [0.15, 0.2) is 5.78 Å². The van der Waals surface area contributed by atoms with Crippen molar-refractivity contribution in [1.82, 2.24) is 0 Å². The van der Waals surface area contributed by atoms with Gasteiger partial charge in [0.25, 0.3) is 0 Å². The molecule has 0 saturated heterocycles. The predicted molar refractivity (Wildman–Crippen MR) is 48.6 cm³/mol. The largest absolute Gasteiger partial charge is 0.295 e. The summed E-state index contributed by atoms with van der Waals surface area (Å²) in [5.74, 6) is 0.00176. The van der Waals surface area contributed by atoms with E-state index < -0.39 is 6.17 Å². The molecule has 1 atom stereocenters. The zero-order valence-electron chi connectivity index (χ0n) is 7.51. The van der Waals surface area contributed by atoms with E-state index in [-0.39, 0.29) is 5.78 Å². The van der Waals surface area contributed by atoms with Crippen molar-refractivity contribution < 1.29 is 9.18 Å². The molecule has 0 heterocycles. The average Bonchev–Trinajstić information content (AvgIpc) is 2.47. The molecule has 0 saturated carbocycles. The van der Waals surface area contributed by atoms with Gasteiger partial charge in [0.1, 0.15) is 6.17 Å². The van der Waals surface area contributed by atoms with Crippen molar-refractivity contribution in [3.8, 4) is 0 Å². The predicted octanol–water partition coefficient (Wildman–Crippen LogP) is 2.85. The summed E-state index contributed by atoms with van der Waals surface area (Å²) in [4.78, 5) is 11.0. The van der Waals surface area contributed by atoms with Gasteiger partial charge in [0.2, 0.25) is 0 Å². The van der Waals surface area contributed by atoms with Gasteiger partial charge >= 0.3 is 0 Å². The Hall–Kier alpha value is -1.18. The molecule has 0 bridgehead atoms. The smallest absolute Gasteiger partial charge is 0.159 e. The Morgan fingerprint density at radius 2 is 2.31 bits per heavy atom. The van der Waals surface area contributed by atoms with Crippen LogP contribution in [0.2, 0.25) is 0 Å². The van der Waals surface area contributed by atoms with Crippen LogP contribution >= 0.6 is 0 Å². The van der Waals surface area contributed by atoms with Crippen molar-refractivity contribution in [2.75, 3.05) is 0 Å². The SMILES string of the molecule is CC(=O)c1ccc2c(c1)C(F)CC2. The number of hydrogen-bond acceptors (Lipinski definition) is 1. The van der Waals surface area contributed by atoms with Crippen LogP contribution in [0.5, 0.6) is 0 Å². The van der Waals surface area contributed by atoms with Crippen molar-refractivity contribution in [2.45, 2.75) is 25.9 Å². The highest BCUT2D eigenvalue weighted by molar-refractivity contribution is 5.94. The lowest BCUT2D eigenvalue weighted by atomic mass is 10.0. The first-order chi connectivity index (χ1) is 6.18. The van der Waals surface area contributed by atoms with Crippen molar-refractivity contribution in [2.24, 2.45) is 0 Å². The highest BCUT2D eigenvalue weighted by Gasteiger charge is 2.22. The molecule has 1 aromatic rings. The number of hydrogen-bond donors (Lipinski definition) is 0. The highest BCUT2D eigenvalue weighted by Crippen LogP contribution is 2.34. The first-order valence-corrected chi connectivity index (χ1v) is 4.46. The fourth-order valence-corrected chi connectivity index (χ4v) is 1.77. The molecule has 68 valence electrons. The Labute approximate surface area is 76.6 Å². The maximum Gasteiger partial charge on any atom is 0.159 e. The Bertz CT molecular complexity index is 357. The summed E-state index contributed by atoms with van der Waals surface area (Å²) in [5, 5.41) is 0. The number of halogens is 1. The van der Waals surface area contributed by atoms with E-state index in [2.05, 4.69) is 0 Å². The van der Waals surface area contributed by atoms with E-state index in [9.17, 15) is 9.18 Å². The maximum absolute atomic E-state index is 13.2. The van der Waals surface area contributed by atoms with Gasteiger partial charge < -0.3 is 0 Å². The highest BCUT2D eigenvalue weighted by atomic mass is 19.1. The molecule has 13 heavy (non-hydrogen) atoms. The molecule has 0 radical (unpaired) electrons. The van der Waals surface area contributed by atoms with Gasteiger partial charge in [-0.2, -0.15) is 0 Å². The number of alkyl halides is 1. The summed E-state index contributed by atoms with van der Waals surface area (Å²) in [6, 6.07) is 5.33. The zero-order chi connectivity index (χ0) is 9.42. The van der Waals surface area contributed by atoms with Crippen LogP contribution in [-0.2, 0) is 6.42 Å². The molecule has 2 heteroatoms. The molecule has 2 rings (SSSR count). The van der Waals surface area contributed by atoms with Crippen LogP contribution in [0.1, 0.15) is 41.0 Å². The minimum absolute atomic E-state index is 0.00176. The lowest BCUT2D eigenvalue weighted by Crippen LogP contribution is -1.94. The van der Waals surface area contributed by atoms with Crippen molar-refractivity contribution >= 4 is 5.78 Å². The summed E-state index contributed by atoms with van der Waals surface area (Å²) >= 11 is 0. The number of ketones is 1. The second-order valence-electron chi connectivity index (χ2n) is 3.48. The van der Waals surface area contributed by atoms with Gasteiger partial charge in [-0.15, -0.1) is 0 Å². The van der Waals surface area contributed by atoms with Crippen molar-refractivity contribution in [3.05, 3.63) is 34.9 Å². The topological polar surface area (TPSA) is 17.1 Å². The summed E-state index contributed by atoms with van der Waals surface area (Å²) < 4.78 is 13.2. The van der Waals surface area contributed by atoms with E-state index >= 15 is 0 Å². The number of carbonyl (C=O) groups excluding carboxylic acids is 1. The Morgan fingerprint density at radius 1 is 1.54 bits per heavy atom. The van der Waals surface area contributed by atoms with Crippen LogP contribution in [-0.4, -0.2) is 5.78 Å². The standard InChI is InChI=1S/C11H11FO/c1-7(13)9-3-2-8-4-5-11(12)10(8)6-9/h2-3,6,11H,4-5H2,1H3.